The summed E-state index contributed by atoms with van der Waals surface area (Å²) < 4.78 is 4.78. The molecule has 4 nitrogen and oxygen atoms in total. The molecule has 16 heavy (non-hydrogen) atoms. The Balaban J connectivity index is 2.22. The molecule has 1 N–H and O–H groups in total. The van der Waals surface area contributed by atoms with E-state index < -0.39 is 5.60 Å². The van der Waals surface area contributed by atoms with Crippen LogP contribution in [0.25, 0.3) is 0 Å². The topological polar surface area (TPSA) is 49.8 Å². The van der Waals surface area contributed by atoms with Crippen molar-refractivity contribution in [3.8, 4) is 0 Å². The molecule has 1 aliphatic heterocycles. The van der Waals surface area contributed by atoms with E-state index in [1.807, 2.05) is 13.0 Å². The van der Waals surface area contributed by atoms with Gasteiger partial charge in [-0.05, 0) is 26.7 Å². The maximum atomic E-state index is 11.0. The normalized spacial score (nSPS) is 21.2. The van der Waals surface area contributed by atoms with Crippen LogP contribution in [0, 0.1) is 0 Å². The van der Waals surface area contributed by atoms with Crippen molar-refractivity contribution in [2.24, 2.45) is 0 Å². The first-order chi connectivity index (χ1) is 7.53. The predicted molar refractivity (Wildman–Crippen MR) is 62.1 cm³/mol. The van der Waals surface area contributed by atoms with Crippen LogP contribution in [0.2, 0.25) is 0 Å². The van der Waals surface area contributed by atoms with Crippen molar-refractivity contribution in [1.82, 2.24) is 4.90 Å². The second kappa shape index (κ2) is 6.01. The van der Waals surface area contributed by atoms with E-state index in [2.05, 4.69) is 4.90 Å². The van der Waals surface area contributed by atoms with Gasteiger partial charge >= 0.3 is 5.97 Å². The third-order valence-corrected chi connectivity index (χ3v) is 2.84. The van der Waals surface area contributed by atoms with Crippen LogP contribution in [0.5, 0.6) is 0 Å². The van der Waals surface area contributed by atoms with E-state index in [0.29, 0.717) is 6.61 Å². The number of carbonyl (C=O) groups excluding carboxylic acids is 1. The van der Waals surface area contributed by atoms with Crippen LogP contribution in [0.15, 0.2) is 12.2 Å². The number of aliphatic hydroxyl groups is 1. The molecule has 0 aromatic carbocycles. The Labute approximate surface area is 96.9 Å². The number of ether oxygens (including phenoxy) is 1. The maximum absolute atomic E-state index is 11.0. The van der Waals surface area contributed by atoms with Crippen LogP contribution in [0.3, 0.4) is 0 Å². The Hall–Kier alpha value is -0.870. The van der Waals surface area contributed by atoms with Gasteiger partial charge in [0, 0.05) is 25.7 Å². The van der Waals surface area contributed by atoms with Crippen LogP contribution < -0.4 is 0 Å². The third-order valence-electron chi connectivity index (χ3n) is 2.84. The molecule has 1 fully saturated rings. The Morgan fingerprint density at radius 3 is 2.69 bits per heavy atom. The molecule has 0 radical (unpaired) electrons. The van der Waals surface area contributed by atoms with E-state index in [1.54, 1.807) is 6.92 Å². The number of hydrogen-bond donors (Lipinski definition) is 1. The quantitative estimate of drug-likeness (QED) is 0.574. The van der Waals surface area contributed by atoms with Gasteiger partial charge in [0.1, 0.15) is 0 Å². The van der Waals surface area contributed by atoms with E-state index in [9.17, 15) is 9.90 Å². The molecule has 0 aromatic heterocycles. The summed E-state index contributed by atoms with van der Waals surface area (Å²) in [5.74, 6) is -0.286. The molecule has 0 aromatic rings. The minimum atomic E-state index is -0.513. The fraction of sp³-hybridized carbons (Fsp3) is 0.750. The lowest BCUT2D eigenvalue weighted by Gasteiger charge is -2.35. The molecule has 0 aliphatic carbocycles. The summed E-state index contributed by atoms with van der Waals surface area (Å²) >= 11 is 0. The van der Waals surface area contributed by atoms with Crippen molar-refractivity contribution in [1.29, 1.82) is 0 Å². The molecule has 0 amide bonds. The molecular formula is C12H21NO3. The average Bonchev–Trinajstić information content (AvgIpc) is 2.21. The van der Waals surface area contributed by atoms with E-state index in [-0.39, 0.29) is 5.97 Å². The van der Waals surface area contributed by atoms with Crippen molar-refractivity contribution in [2.45, 2.75) is 32.3 Å². The lowest BCUT2D eigenvalue weighted by molar-refractivity contribution is -0.137. The molecule has 4 heteroatoms. The summed E-state index contributed by atoms with van der Waals surface area (Å²) in [7, 11) is 0. The molecule has 1 saturated heterocycles. The second-order valence-corrected chi connectivity index (χ2v) is 4.45. The first kappa shape index (κ1) is 13.2. The lowest BCUT2D eigenvalue weighted by Crippen LogP contribution is -2.42. The van der Waals surface area contributed by atoms with Crippen LogP contribution in [-0.4, -0.2) is 47.8 Å². The van der Waals surface area contributed by atoms with Crippen LogP contribution in [0.1, 0.15) is 26.7 Å². The van der Waals surface area contributed by atoms with Crippen molar-refractivity contribution >= 4 is 5.97 Å². The van der Waals surface area contributed by atoms with Gasteiger partial charge in [0.25, 0.3) is 0 Å². The van der Waals surface area contributed by atoms with Gasteiger partial charge in [0.05, 0.1) is 12.2 Å². The van der Waals surface area contributed by atoms with Crippen LogP contribution in [-0.2, 0) is 9.53 Å². The van der Waals surface area contributed by atoms with E-state index in [4.69, 9.17) is 4.74 Å². The van der Waals surface area contributed by atoms with Gasteiger partial charge in [-0.3, -0.25) is 4.90 Å². The molecule has 1 heterocycles. The molecule has 92 valence electrons. The highest BCUT2D eigenvalue weighted by atomic mass is 16.5. The highest BCUT2D eigenvalue weighted by molar-refractivity contribution is 5.81. The van der Waals surface area contributed by atoms with Gasteiger partial charge in [0.15, 0.2) is 0 Å². The smallest absolute Gasteiger partial charge is 0.330 e. The predicted octanol–water partition coefficient (Wildman–Crippen LogP) is 0.953. The molecular weight excluding hydrogens is 206 g/mol. The maximum Gasteiger partial charge on any atom is 0.330 e. The molecule has 0 bridgehead atoms. The van der Waals surface area contributed by atoms with E-state index in [0.717, 1.165) is 32.5 Å². The first-order valence-electron chi connectivity index (χ1n) is 5.81. The first-order valence-corrected chi connectivity index (χ1v) is 5.81. The Morgan fingerprint density at radius 2 is 2.12 bits per heavy atom. The number of likely N-dealkylation sites (tertiary alicyclic amines) is 1. The molecule has 0 atom stereocenters. The Kier molecular flexibility index (Phi) is 4.96. The summed E-state index contributed by atoms with van der Waals surface area (Å²) in [6.07, 6.45) is 4.87. The highest BCUT2D eigenvalue weighted by Crippen LogP contribution is 2.20. The molecule has 1 aliphatic rings. The van der Waals surface area contributed by atoms with Gasteiger partial charge in [0.2, 0.25) is 0 Å². The fourth-order valence-corrected chi connectivity index (χ4v) is 1.71. The molecule has 0 spiro atoms. The fourth-order valence-electron chi connectivity index (χ4n) is 1.71. The summed E-state index contributed by atoms with van der Waals surface area (Å²) in [6, 6.07) is 0. The second-order valence-electron chi connectivity index (χ2n) is 4.45. The molecule has 0 saturated carbocycles. The minimum absolute atomic E-state index is 0.286. The number of carbonyl (C=O) groups is 1. The minimum Gasteiger partial charge on any atom is -0.463 e. The van der Waals surface area contributed by atoms with Crippen molar-refractivity contribution in [2.75, 3.05) is 26.2 Å². The monoisotopic (exact) mass is 227 g/mol. The zero-order valence-corrected chi connectivity index (χ0v) is 10.1. The van der Waals surface area contributed by atoms with Crippen LogP contribution in [0.4, 0.5) is 0 Å². The zero-order chi connectivity index (χ0) is 12.0. The van der Waals surface area contributed by atoms with Gasteiger partial charge in [-0.2, -0.15) is 0 Å². The van der Waals surface area contributed by atoms with Gasteiger partial charge in [-0.1, -0.05) is 6.08 Å². The summed E-state index contributed by atoms with van der Waals surface area (Å²) in [5, 5.41) is 9.76. The largest absolute Gasteiger partial charge is 0.463 e. The van der Waals surface area contributed by atoms with Crippen molar-refractivity contribution in [3.05, 3.63) is 12.2 Å². The van der Waals surface area contributed by atoms with Crippen molar-refractivity contribution < 1.29 is 14.6 Å². The number of esters is 1. The summed E-state index contributed by atoms with van der Waals surface area (Å²) in [4.78, 5) is 13.2. The van der Waals surface area contributed by atoms with Gasteiger partial charge in [-0.25, -0.2) is 4.79 Å². The Morgan fingerprint density at radius 1 is 1.50 bits per heavy atom. The van der Waals surface area contributed by atoms with Crippen molar-refractivity contribution in [3.63, 3.8) is 0 Å². The number of nitrogens with zero attached hydrogens (tertiary/aromatic N) is 1. The Bertz CT molecular complexity index is 251. The molecule has 0 unspecified atom stereocenters. The van der Waals surface area contributed by atoms with E-state index >= 15 is 0 Å². The number of piperidine rings is 1. The zero-order valence-electron chi connectivity index (χ0n) is 10.1. The average molecular weight is 227 g/mol. The van der Waals surface area contributed by atoms with E-state index in [1.165, 1.54) is 6.08 Å². The standard InChI is InChI=1S/C12H21NO3/c1-3-16-11(14)5-4-8-13-9-6-12(2,15)7-10-13/h4-5,15H,3,6-10H2,1-2H3/b5-4+. The molecule has 1 rings (SSSR count). The summed E-state index contributed by atoms with van der Waals surface area (Å²) in [6.45, 7) is 6.57. The number of rotatable bonds is 4. The number of hydrogen-bond acceptors (Lipinski definition) is 4. The van der Waals surface area contributed by atoms with Gasteiger partial charge in [-0.15, -0.1) is 0 Å². The lowest BCUT2D eigenvalue weighted by atomic mass is 9.94. The summed E-state index contributed by atoms with van der Waals surface area (Å²) in [5.41, 5.74) is -0.513. The highest BCUT2D eigenvalue weighted by Gasteiger charge is 2.26. The SMILES string of the molecule is CCOC(=O)/C=C/CN1CCC(C)(O)CC1. The third kappa shape index (κ3) is 4.77. The van der Waals surface area contributed by atoms with Crippen LogP contribution >= 0.6 is 0 Å². The van der Waals surface area contributed by atoms with Gasteiger partial charge < -0.3 is 9.84 Å².